The van der Waals surface area contributed by atoms with E-state index in [1.165, 1.54) is 25.1 Å². The average Bonchev–Trinajstić information content (AvgIpc) is 3.01. The molecule has 15 heteroatoms. The molecule has 1 aromatic rings. The van der Waals surface area contributed by atoms with E-state index in [1.807, 2.05) is 0 Å². The van der Waals surface area contributed by atoms with Crippen LogP contribution in [0.3, 0.4) is 0 Å². The van der Waals surface area contributed by atoms with Crippen LogP contribution < -0.4 is 16.8 Å². The van der Waals surface area contributed by atoms with E-state index in [9.17, 15) is 22.6 Å². The second-order valence-corrected chi connectivity index (χ2v) is 8.68. The van der Waals surface area contributed by atoms with Gasteiger partial charge in [0.15, 0.2) is 10.8 Å². The standard InChI is InChI=1S/C12H18N6O6S3/c1-24-17-9(7-4-15-12(14)26-7)10(19)16-8-6(5-25-3-2-13)18(11(8)20)27(21,22)23/h4,6,8H,2-3,5,13H2,1H3,(H2,14,15)(H,16,19)(H,21,22,23). The van der Waals surface area contributed by atoms with Gasteiger partial charge in [0, 0.05) is 24.2 Å². The normalized spacial score (nSPS) is 20.3. The maximum absolute atomic E-state index is 12.5. The van der Waals surface area contributed by atoms with Gasteiger partial charge in [0.25, 0.3) is 11.8 Å². The third-order valence-electron chi connectivity index (χ3n) is 3.41. The minimum atomic E-state index is -4.74. The topological polar surface area (TPSA) is 190 Å². The summed E-state index contributed by atoms with van der Waals surface area (Å²) >= 11 is 2.27. The van der Waals surface area contributed by atoms with Gasteiger partial charge in [-0.2, -0.15) is 20.2 Å². The predicted octanol–water partition coefficient (Wildman–Crippen LogP) is -1.73. The summed E-state index contributed by atoms with van der Waals surface area (Å²) < 4.78 is 32.4. The Labute approximate surface area is 163 Å². The number of nitrogens with zero attached hydrogens (tertiary/aromatic N) is 3. The van der Waals surface area contributed by atoms with Crippen LogP contribution in [0.1, 0.15) is 4.88 Å². The first-order valence-corrected chi connectivity index (χ1v) is 10.8. The van der Waals surface area contributed by atoms with E-state index >= 15 is 0 Å². The molecular formula is C12H18N6O6S3. The first kappa shape index (κ1) is 21.4. The van der Waals surface area contributed by atoms with E-state index < -0.39 is 34.2 Å². The van der Waals surface area contributed by atoms with Crippen LogP contribution in [0, 0.1) is 0 Å². The van der Waals surface area contributed by atoms with Gasteiger partial charge in [-0.1, -0.05) is 16.5 Å². The van der Waals surface area contributed by atoms with E-state index in [0.717, 1.165) is 11.3 Å². The van der Waals surface area contributed by atoms with E-state index in [4.69, 9.17) is 11.5 Å². The van der Waals surface area contributed by atoms with Crippen LogP contribution in [0.4, 0.5) is 5.13 Å². The molecule has 1 saturated heterocycles. The molecular weight excluding hydrogens is 420 g/mol. The number of carbonyl (C=O) groups is 2. The Morgan fingerprint density at radius 2 is 2.30 bits per heavy atom. The average molecular weight is 439 g/mol. The van der Waals surface area contributed by atoms with E-state index in [2.05, 4.69) is 20.3 Å². The van der Waals surface area contributed by atoms with Gasteiger partial charge in [0.1, 0.15) is 13.2 Å². The van der Waals surface area contributed by atoms with Gasteiger partial charge in [0.05, 0.1) is 10.9 Å². The van der Waals surface area contributed by atoms with Gasteiger partial charge in [-0.3, -0.25) is 14.1 Å². The Balaban J connectivity index is 2.18. The molecule has 1 aliphatic heterocycles. The zero-order valence-electron chi connectivity index (χ0n) is 14.1. The van der Waals surface area contributed by atoms with Crippen molar-refractivity contribution in [3.8, 4) is 0 Å². The van der Waals surface area contributed by atoms with Gasteiger partial charge in [-0.25, -0.2) is 9.29 Å². The van der Waals surface area contributed by atoms with Crippen molar-refractivity contribution in [3.63, 3.8) is 0 Å². The molecule has 2 atom stereocenters. The minimum Gasteiger partial charge on any atom is -0.398 e. The molecule has 2 unspecified atom stereocenters. The van der Waals surface area contributed by atoms with Crippen LogP contribution in [-0.4, -0.2) is 77.0 Å². The van der Waals surface area contributed by atoms with Gasteiger partial charge >= 0.3 is 10.3 Å². The van der Waals surface area contributed by atoms with Crippen molar-refractivity contribution in [2.45, 2.75) is 12.1 Å². The number of hydrogen-bond acceptors (Lipinski definition) is 11. The molecule has 1 aliphatic rings. The molecule has 2 amide bonds. The van der Waals surface area contributed by atoms with Crippen LogP contribution >= 0.6 is 23.1 Å². The number of thiazole rings is 1. The highest BCUT2D eigenvalue weighted by Crippen LogP contribution is 2.27. The first-order chi connectivity index (χ1) is 12.7. The summed E-state index contributed by atoms with van der Waals surface area (Å²) in [5, 5.41) is 6.24. The van der Waals surface area contributed by atoms with Crippen LogP contribution in [-0.2, 0) is 24.7 Å². The number of carbonyl (C=O) groups excluding carboxylic acids is 2. The molecule has 2 rings (SSSR count). The molecule has 2 heterocycles. The number of amides is 2. The van der Waals surface area contributed by atoms with Gasteiger partial charge in [-0.15, -0.1) is 0 Å². The second-order valence-electron chi connectivity index (χ2n) is 5.18. The molecule has 150 valence electrons. The number of oxime groups is 1. The smallest absolute Gasteiger partial charge is 0.362 e. The molecule has 12 nitrogen and oxygen atoms in total. The lowest BCUT2D eigenvalue weighted by molar-refractivity contribution is -0.143. The van der Waals surface area contributed by atoms with Crippen molar-refractivity contribution in [3.05, 3.63) is 11.1 Å². The molecule has 0 radical (unpaired) electrons. The van der Waals surface area contributed by atoms with Crippen LogP contribution in [0.2, 0.25) is 0 Å². The lowest BCUT2D eigenvalue weighted by atomic mass is 10.0. The maximum atomic E-state index is 12.5. The second kappa shape index (κ2) is 8.83. The molecule has 1 fully saturated rings. The Hall–Kier alpha value is -1.94. The lowest BCUT2D eigenvalue weighted by Gasteiger charge is -2.44. The van der Waals surface area contributed by atoms with Crippen molar-refractivity contribution in [2.75, 3.05) is 30.9 Å². The lowest BCUT2D eigenvalue weighted by Crippen LogP contribution is -2.73. The van der Waals surface area contributed by atoms with E-state index in [-0.39, 0.29) is 16.6 Å². The fourth-order valence-electron chi connectivity index (χ4n) is 2.31. The highest BCUT2D eigenvalue weighted by atomic mass is 32.2. The van der Waals surface area contributed by atoms with Crippen LogP contribution in [0.15, 0.2) is 11.4 Å². The van der Waals surface area contributed by atoms with Crippen molar-refractivity contribution in [2.24, 2.45) is 10.9 Å². The molecule has 0 spiro atoms. The van der Waals surface area contributed by atoms with Crippen molar-refractivity contribution < 1.29 is 27.4 Å². The number of rotatable bonds is 9. The molecule has 0 aliphatic carbocycles. The van der Waals surface area contributed by atoms with Gasteiger partial charge < -0.3 is 21.6 Å². The Morgan fingerprint density at radius 3 is 2.81 bits per heavy atom. The van der Waals surface area contributed by atoms with Crippen LogP contribution in [0.25, 0.3) is 0 Å². The summed E-state index contributed by atoms with van der Waals surface area (Å²) in [5.41, 5.74) is 10.8. The fourth-order valence-corrected chi connectivity index (χ4v) is 4.86. The number of aromatic nitrogens is 1. The molecule has 6 N–H and O–H groups in total. The molecule has 27 heavy (non-hydrogen) atoms. The third-order valence-corrected chi connectivity index (χ3v) is 6.29. The summed E-state index contributed by atoms with van der Waals surface area (Å²) in [6.07, 6.45) is 1.32. The monoisotopic (exact) mass is 438 g/mol. The number of nitrogen functional groups attached to an aromatic ring is 1. The molecule has 1 aromatic heterocycles. The highest BCUT2D eigenvalue weighted by Gasteiger charge is 2.53. The number of nitrogens with two attached hydrogens (primary N) is 2. The predicted molar refractivity (Wildman–Crippen MR) is 101 cm³/mol. The minimum absolute atomic E-state index is 0.151. The van der Waals surface area contributed by atoms with E-state index in [0.29, 0.717) is 21.5 Å². The maximum Gasteiger partial charge on any atom is 0.362 e. The van der Waals surface area contributed by atoms with Crippen molar-refractivity contribution in [1.82, 2.24) is 14.6 Å². The Morgan fingerprint density at radius 1 is 1.59 bits per heavy atom. The van der Waals surface area contributed by atoms with Crippen LogP contribution in [0.5, 0.6) is 0 Å². The first-order valence-electron chi connectivity index (χ1n) is 7.42. The molecule has 0 bridgehead atoms. The SMILES string of the molecule is CON=C(C(=O)NC1C(=O)N(S(=O)(=O)O)C1CSCCN)c1cnc(N)s1. The summed E-state index contributed by atoms with van der Waals surface area (Å²) in [4.78, 5) is 33.4. The summed E-state index contributed by atoms with van der Waals surface area (Å²) in [6, 6.07) is -2.11. The summed E-state index contributed by atoms with van der Waals surface area (Å²) in [6.45, 7) is 0.353. The third kappa shape index (κ3) is 4.86. The van der Waals surface area contributed by atoms with Gasteiger partial charge in [-0.05, 0) is 0 Å². The zero-order valence-corrected chi connectivity index (χ0v) is 16.5. The molecule has 0 aromatic carbocycles. The highest BCUT2D eigenvalue weighted by molar-refractivity contribution is 7.99. The molecule has 0 saturated carbocycles. The number of β-lactam (4-membered cyclic amide) rings is 1. The summed E-state index contributed by atoms with van der Waals surface area (Å²) in [5.74, 6) is -1.06. The number of hydrogen-bond donors (Lipinski definition) is 4. The Bertz CT molecular complexity index is 840. The van der Waals surface area contributed by atoms with Crippen molar-refractivity contribution in [1.29, 1.82) is 0 Å². The van der Waals surface area contributed by atoms with E-state index in [1.54, 1.807) is 0 Å². The zero-order chi connectivity index (χ0) is 20.2. The quantitative estimate of drug-likeness (QED) is 0.113. The van der Waals surface area contributed by atoms with Crippen molar-refractivity contribution >= 4 is 56.1 Å². The largest absolute Gasteiger partial charge is 0.398 e. The number of nitrogens with one attached hydrogen (secondary N) is 1. The number of thioether (sulfide) groups is 1. The van der Waals surface area contributed by atoms with Gasteiger partial charge in [0.2, 0.25) is 0 Å². The Kier molecular flexibility index (Phi) is 6.99. The fraction of sp³-hybridized carbons (Fsp3) is 0.500. The number of anilines is 1. The summed E-state index contributed by atoms with van der Waals surface area (Å²) in [7, 11) is -3.51.